The van der Waals surface area contributed by atoms with E-state index < -0.39 is 18.0 Å². The van der Waals surface area contributed by atoms with Crippen molar-refractivity contribution in [2.45, 2.75) is 43.7 Å². The van der Waals surface area contributed by atoms with E-state index in [9.17, 15) is 24.6 Å². The van der Waals surface area contributed by atoms with Crippen LogP contribution in [0.2, 0.25) is 0 Å². The van der Waals surface area contributed by atoms with Crippen LogP contribution >= 0.6 is 11.8 Å². The van der Waals surface area contributed by atoms with E-state index in [1.807, 2.05) is 6.92 Å². The van der Waals surface area contributed by atoms with Crippen LogP contribution in [0, 0.1) is 11.8 Å². The summed E-state index contributed by atoms with van der Waals surface area (Å²) in [6.07, 6.45) is -0.190. The van der Waals surface area contributed by atoms with Gasteiger partial charge in [0.1, 0.15) is 5.70 Å². The van der Waals surface area contributed by atoms with E-state index >= 15 is 0 Å². The first kappa shape index (κ1) is 22.7. The predicted molar refractivity (Wildman–Crippen MR) is 97.2 cm³/mol. The van der Waals surface area contributed by atoms with Gasteiger partial charge in [0.05, 0.1) is 24.1 Å². The summed E-state index contributed by atoms with van der Waals surface area (Å²) in [5.74, 6) is -2.14. The van der Waals surface area contributed by atoms with E-state index in [0.29, 0.717) is 17.9 Å². The first-order valence-electron chi connectivity index (χ1n) is 8.75. The Hall–Kier alpha value is -0.580. The Balaban J connectivity index is 0.00000196. The second-order valence-electron chi connectivity index (χ2n) is 7.44. The zero-order valence-corrected chi connectivity index (χ0v) is 19.1. The van der Waals surface area contributed by atoms with Crippen LogP contribution < -0.4 is 34.9 Å². The van der Waals surface area contributed by atoms with Crippen LogP contribution in [0.15, 0.2) is 10.6 Å². The Labute approximate surface area is 186 Å². The first-order chi connectivity index (χ1) is 12.1. The SMILES string of the molecule is CC(O)[C@H]1C(=O)N2C(C(=O)O)=C(S[C@@H]3CN[C@H](C(=O)N(C)C)C3)[C@H](C)[C@H]12.[H-].[Na+]. The number of nitrogens with zero attached hydrogens (tertiary/aromatic N) is 2. The van der Waals surface area contributed by atoms with Crippen molar-refractivity contribution in [3.63, 3.8) is 0 Å². The number of carbonyl (C=O) groups excluding carboxylic acids is 2. The Morgan fingerprint density at radius 1 is 1.41 bits per heavy atom. The molecule has 2 amide bonds. The summed E-state index contributed by atoms with van der Waals surface area (Å²) >= 11 is 1.45. The number of carboxylic acids is 1. The molecule has 1 unspecified atom stereocenters. The van der Waals surface area contributed by atoms with Crippen LogP contribution in [0.3, 0.4) is 0 Å². The molecule has 0 spiro atoms. The number of aliphatic hydroxyl groups is 1. The van der Waals surface area contributed by atoms with Gasteiger partial charge >= 0.3 is 35.5 Å². The number of rotatable bonds is 5. The third-order valence-electron chi connectivity index (χ3n) is 5.43. The van der Waals surface area contributed by atoms with E-state index in [2.05, 4.69) is 5.32 Å². The number of likely N-dealkylation sites (N-methyl/N-ethyl adjacent to an activating group) is 1. The van der Waals surface area contributed by atoms with Crippen molar-refractivity contribution in [3.8, 4) is 0 Å². The van der Waals surface area contributed by atoms with Gasteiger partial charge in [-0.05, 0) is 13.3 Å². The van der Waals surface area contributed by atoms with Gasteiger partial charge in [-0.15, -0.1) is 11.8 Å². The molecule has 0 aliphatic carbocycles. The van der Waals surface area contributed by atoms with Gasteiger partial charge in [0.2, 0.25) is 11.8 Å². The number of β-lactam (4-membered cyclic amide) rings is 1. The molecular weight excluding hydrogens is 381 g/mol. The Morgan fingerprint density at radius 3 is 2.56 bits per heavy atom. The van der Waals surface area contributed by atoms with Gasteiger partial charge in [-0.25, -0.2) is 4.79 Å². The molecule has 10 heteroatoms. The van der Waals surface area contributed by atoms with Gasteiger partial charge in [0.15, 0.2) is 0 Å². The van der Waals surface area contributed by atoms with E-state index in [1.165, 1.54) is 16.7 Å². The van der Waals surface area contributed by atoms with Crippen molar-refractivity contribution in [3.05, 3.63) is 10.6 Å². The number of aliphatic hydroxyl groups excluding tert-OH is 1. The van der Waals surface area contributed by atoms with E-state index in [0.717, 1.165) is 0 Å². The predicted octanol–water partition coefficient (Wildman–Crippen LogP) is -3.19. The topological polar surface area (TPSA) is 110 Å². The number of carbonyl (C=O) groups is 3. The van der Waals surface area contributed by atoms with E-state index in [-0.39, 0.29) is 71.7 Å². The molecule has 0 aromatic heterocycles. The molecule has 2 saturated heterocycles. The summed E-state index contributed by atoms with van der Waals surface area (Å²) in [6.45, 7) is 4.08. The Kier molecular flexibility index (Phi) is 7.08. The number of nitrogens with one attached hydrogen (secondary N) is 1. The van der Waals surface area contributed by atoms with Crippen molar-refractivity contribution < 1.29 is 55.6 Å². The maximum absolute atomic E-state index is 12.3. The fourth-order valence-corrected chi connectivity index (χ4v) is 5.63. The maximum Gasteiger partial charge on any atom is 1.00 e. The molecule has 0 radical (unpaired) electrons. The molecule has 27 heavy (non-hydrogen) atoms. The molecule has 3 heterocycles. The number of aliphatic carboxylic acids is 1. The monoisotopic (exact) mass is 407 g/mol. The average Bonchev–Trinajstić information content (AvgIpc) is 3.09. The standard InChI is InChI=1S/C17H25N3O5S.Na.H/c1-7-12-11(8(2)21)16(23)20(12)13(17(24)25)14(7)26-9-5-10(18-6-9)15(22)19(3)4;;/h7-12,18,21H,5-6H2,1-4H3,(H,24,25);;/q;+1;-1/t7-,8?,9+,10+,11-,12-;;/m1../s1. The molecule has 8 nitrogen and oxygen atoms in total. The van der Waals surface area contributed by atoms with Crippen molar-refractivity contribution >= 4 is 29.5 Å². The fourth-order valence-electron chi connectivity index (χ4n) is 4.15. The maximum atomic E-state index is 12.3. The molecule has 6 atom stereocenters. The van der Waals surface area contributed by atoms with Gasteiger partial charge in [-0.1, -0.05) is 6.92 Å². The van der Waals surface area contributed by atoms with Crippen molar-refractivity contribution in [2.24, 2.45) is 11.8 Å². The minimum atomic E-state index is -1.12. The third kappa shape index (κ3) is 3.82. The minimum Gasteiger partial charge on any atom is -1.00 e. The number of thioether (sulfide) groups is 1. The molecule has 0 bridgehead atoms. The minimum absolute atomic E-state index is 0. The molecule has 3 rings (SSSR count). The first-order valence-corrected chi connectivity index (χ1v) is 9.62. The van der Waals surface area contributed by atoms with Crippen LogP contribution in [-0.4, -0.2) is 81.9 Å². The number of carboxylic acid groups (broad SMARTS) is 1. The van der Waals surface area contributed by atoms with Gasteiger partial charge in [0, 0.05) is 36.7 Å². The summed E-state index contributed by atoms with van der Waals surface area (Å²) in [6, 6.07) is -0.568. The normalized spacial score (nSPS) is 33.3. The summed E-state index contributed by atoms with van der Waals surface area (Å²) in [4.78, 5) is 39.8. The summed E-state index contributed by atoms with van der Waals surface area (Å²) in [5.41, 5.74) is 0.0387. The van der Waals surface area contributed by atoms with Crippen LogP contribution in [0.4, 0.5) is 0 Å². The smallest absolute Gasteiger partial charge is 1.00 e. The number of hydrogen-bond acceptors (Lipinski definition) is 6. The molecule has 3 N–H and O–H groups in total. The Bertz CT molecular complexity index is 690. The molecule has 3 aliphatic heterocycles. The Morgan fingerprint density at radius 2 is 2.04 bits per heavy atom. The van der Waals surface area contributed by atoms with Gasteiger partial charge in [0.25, 0.3) is 0 Å². The molecule has 2 fully saturated rings. The zero-order chi connectivity index (χ0) is 19.3. The van der Waals surface area contributed by atoms with Crippen molar-refractivity contribution in [1.82, 2.24) is 15.1 Å². The van der Waals surface area contributed by atoms with E-state index in [1.54, 1.807) is 25.9 Å². The van der Waals surface area contributed by atoms with E-state index in [4.69, 9.17) is 0 Å². The second-order valence-corrected chi connectivity index (χ2v) is 8.78. The summed E-state index contributed by atoms with van der Waals surface area (Å²) in [7, 11) is 3.42. The number of amides is 2. The molecule has 0 aromatic carbocycles. The fraction of sp³-hybridized carbons (Fsp3) is 0.706. The van der Waals surface area contributed by atoms with Gasteiger partial charge in [-0.2, -0.15) is 0 Å². The third-order valence-corrected chi connectivity index (χ3v) is 6.95. The average molecular weight is 407 g/mol. The molecule has 0 saturated carbocycles. The second kappa shape index (κ2) is 8.42. The van der Waals surface area contributed by atoms with Crippen molar-refractivity contribution in [2.75, 3.05) is 20.6 Å². The molecule has 3 aliphatic rings. The van der Waals surface area contributed by atoms with Crippen LogP contribution in [0.5, 0.6) is 0 Å². The van der Waals surface area contributed by atoms with Crippen LogP contribution in [0.1, 0.15) is 21.7 Å². The van der Waals surface area contributed by atoms with Gasteiger partial charge in [-0.3, -0.25) is 9.59 Å². The largest absolute Gasteiger partial charge is 1.00 e. The van der Waals surface area contributed by atoms with Crippen LogP contribution in [0.25, 0.3) is 0 Å². The summed E-state index contributed by atoms with van der Waals surface area (Å²) < 4.78 is 0. The summed E-state index contributed by atoms with van der Waals surface area (Å²) in [5, 5.41) is 22.8. The molecule has 146 valence electrons. The number of fused-ring (bicyclic) bond motifs is 1. The quantitative estimate of drug-likeness (QED) is 0.325. The van der Waals surface area contributed by atoms with Gasteiger partial charge < -0.3 is 26.8 Å². The molecule has 0 aromatic rings. The molecular formula is C17H26N3NaO5S. The van der Waals surface area contributed by atoms with Crippen molar-refractivity contribution in [1.29, 1.82) is 0 Å². The van der Waals surface area contributed by atoms with Crippen LogP contribution in [-0.2, 0) is 14.4 Å². The number of hydrogen-bond donors (Lipinski definition) is 3. The zero-order valence-electron chi connectivity index (χ0n) is 17.3.